The van der Waals surface area contributed by atoms with Gasteiger partial charge in [-0.3, -0.25) is 0 Å². The smallest absolute Gasteiger partial charge is 0.308 e. The van der Waals surface area contributed by atoms with Crippen LogP contribution in [0.25, 0.3) is 115 Å². The summed E-state index contributed by atoms with van der Waals surface area (Å²) in [7, 11) is 0. The molecule has 0 fully saturated rings. The van der Waals surface area contributed by atoms with E-state index >= 15 is 13.2 Å². The van der Waals surface area contributed by atoms with Crippen molar-refractivity contribution in [2.24, 2.45) is 0 Å². The monoisotopic (exact) mass is 993 g/mol. The van der Waals surface area contributed by atoms with Gasteiger partial charge in [0.05, 0.1) is 45.6 Å². The van der Waals surface area contributed by atoms with Crippen LogP contribution in [-0.2, 0) is 6.18 Å². The largest absolute Gasteiger partial charge is 0.416 e. The Hall–Kier alpha value is -8.92. The van der Waals surface area contributed by atoms with Gasteiger partial charge in [-0.05, 0) is 200 Å². The van der Waals surface area contributed by atoms with Crippen LogP contribution in [0.1, 0.15) is 50.1 Å². The summed E-state index contributed by atoms with van der Waals surface area (Å²) < 4.78 is 50.0. The summed E-state index contributed by atoms with van der Waals surface area (Å²) >= 11 is 0. The van der Waals surface area contributed by atoms with E-state index in [9.17, 15) is 0 Å². The molecule has 0 aliphatic heterocycles. The number of hydrogen-bond acceptors (Lipinski definition) is 0. The molecular formula is C70H54F3N3. The number of fused-ring (bicyclic) bond motifs is 6. The van der Waals surface area contributed by atoms with Gasteiger partial charge in [0.15, 0.2) is 5.69 Å². The van der Waals surface area contributed by atoms with Gasteiger partial charge in [-0.25, -0.2) is 4.85 Å². The van der Waals surface area contributed by atoms with Crippen molar-refractivity contribution in [3.05, 3.63) is 243 Å². The predicted octanol–water partition coefficient (Wildman–Crippen LogP) is 20.3. The summed E-state index contributed by atoms with van der Waals surface area (Å²) in [5.74, 6) is 0. The van der Waals surface area contributed by atoms with Gasteiger partial charge in [-0.2, -0.15) is 13.2 Å². The summed E-state index contributed by atoms with van der Waals surface area (Å²) in [5, 5.41) is 4.02. The SMILES string of the molecule is [C-]#[N+]c1cc(-n2c3ccc(-c4ccc(C)cc4C)cc3c3cc(-c4ccc(C)cc4C)ccc32)c(-n2c3ccc(-c4ccc(C)cc4C)cc3c3cc(-c4ccc(C)cc4C)ccc32)cc1-c1ccccc1C(F)(F)F. The number of aryl methyl sites for hydroxylation is 8. The lowest BCUT2D eigenvalue weighted by Crippen LogP contribution is -2.08. The normalized spacial score (nSPS) is 11.9. The Labute approximate surface area is 441 Å². The highest BCUT2D eigenvalue weighted by Crippen LogP contribution is 2.48. The van der Waals surface area contributed by atoms with Crippen molar-refractivity contribution >= 4 is 49.3 Å². The molecule has 0 unspecified atom stereocenters. The van der Waals surface area contributed by atoms with Crippen LogP contribution in [0.3, 0.4) is 0 Å². The molecule has 0 saturated carbocycles. The zero-order chi connectivity index (χ0) is 52.9. The highest BCUT2D eigenvalue weighted by atomic mass is 19.4. The Bertz CT molecular complexity index is 4220. The summed E-state index contributed by atoms with van der Waals surface area (Å²) in [6.07, 6.45) is -4.68. The van der Waals surface area contributed by atoms with Gasteiger partial charge in [0.1, 0.15) is 0 Å². The molecule has 0 amide bonds. The van der Waals surface area contributed by atoms with Crippen molar-refractivity contribution in [1.29, 1.82) is 0 Å². The average molecular weight is 994 g/mol. The fourth-order valence-electron chi connectivity index (χ4n) is 12.0. The molecule has 0 atom stereocenters. The summed E-state index contributed by atoms with van der Waals surface area (Å²) in [5.41, 5.74) is 22.5. The lowest BCUT2D eigenvalue weighted by Gasteiger charge is -2.21. The van der Waals surface area contributed by atoms with Crippen LogP contribution in [0.5, 0.6) is 0 Å². The number of alkyl halides is 3. The van der Waals surface area contributed by atoms with E-state index in [1.165, 1.54) is 45.5 Å². The molecule has 0 aliphatic rings. The molecule has 76 heavy (non-hydrogen) atoms. The molecule has 2 aromatic heterocycles. The lowest BCUT2D eigenvalue weighted by atomic mass is 9.95. The van der Waals surface area contributed by atoms with Crippen LogP contribution in [0.4, 0.5) is 18.9 Å². The number of benzene rings is 10. The van der Waals surface area contributed by atoms with Gasteiger partial charge in [-0.1, -0.05) is 138 Å². The predicted molar refractivity (Wildman–Crippen MR) is 311 cm³/mol. The van der Waals surface area contributed by atoms with Gasteiger partial charge < -0.3 is 9.13 Å². The maximum atomic E-state index is 15.2. The van der Waals surface area contributed by atoms with Gasteiger partial charge in [0.25, 0.3) is 0 Å². The number of hydrogen-bond donors (Lipinski definition) is 0. The summed E-state index contributed by atoms with van der Waals surface area (Å²) in [4.78, 5) is 4.07. The van der Waals surface area contributed by atoms with Crippen LogP contribution in [0.15, 0.2) is 182 Å². The van der Waals surface area contributed by atoms with Gasteiger partial charge in [0.2, 0.25) is 0 Å². The van der Waals surface area contributed by atoms with Crippen LogP contribution in [-0.4, -0.2) is 9.13 Å². The van der Waals surface area contributed by atoms with Crippen LogP contribution in [0.2, 0.25) is 0 Å². The van der Waals surface area contributed by atoms with Crippen molar-refractivity contribution in [2.75, 3.05) is 0 Å². The second kappa shape index (κ2) is 18.2. The highest BCUT2D eigenvalue weighted by Gasteiger charge is 2.34. The molecular weight excluding hydrogens is 940 g/mol. The topological polar surface area (TPSA) is 14.2 Å². The van der Waals surface area contributed by atoms with E-state index in [4.69, 9.17) is 6.57 Å². The lowest BCUT2D eigenvalue weighted by molar-refractivity contribution is -0.137. The van der Waals surface area contributed by atoms with Crippen molar-refractivity contribution < 1.29 is 13.2 Å². The van der Waals surface area contributed by atoms with E-state index in [-0.39, 0.29) is 16.8 Å². The summed E-state index contributed by atoms with van der Waals surface area (Å²) in [6.45, 7) is 25.7. The fourth-order valence-corrected chi connectivity index (χ4v) is 12.0. The number of aromatic nitrogens is 2. The molecule has 12 aromatic rings. The minimum atomic E-state index is -4.68. The van der Waals surface area contributed by atoms with E-state index < -0.39 is 11.7 Å². The van der Waals surface area contributed by atoms with Gasteiger partial charge in [-0.15, -0.1) is 0 Å². The first kappa shape index (κ1) is 48.0. The molecule has 6 heteroatoms. The maximum Gasteiger partial charge on any atom is 0.416 e. The zero-order valence-corrected chi connectivity index (χ0v) is 43.8. The second-order valence-electron chi connectivity index (χ2n) is 20.9. The number of nitrogens with zero attached hydrogens (tertiary/aromatic N) is 3. The van der Waals surface area contributed by atoms with E-state index in [0.29, 0.717) is 11.4 Å². The fraction of sp³-hybridized carbons (Fsp3) is 0.129. The molecule has 0 bridgehead atoms. The van der Waals surface area contributed by atoms with Crippen LogP contribution in [0, 0.1) is 62.0 Å². The Morgan fingerprint density at radius 3 is 0.987 bits per heavy atom. The first-order valence-corrected chi connectivity index (χ1v) is 25.7. The minimum Gasteiger partial charge on any atom is -0.308 e. The number of halogens is 3. The van der Waals surface area contributed by atoms with E-state index in [2.05, 4.69) is 215 Å². The average Bonchev–Trinajstić information content (AvgIpc) is 4.14. The van der Waals surface area contributed by atoms with Crippen LogP contribution < -0.4 is 0 Å². The number of rotatable bonds is 7. The minimum absolute atomic E-state index is 0.0535. The molecule has 0 N–H and O–H groups in total. The Balaban J connectivity index is 1.22. The Kier molecular flexibility index (Phi) is 11.5. The quantitative estimate of drug-likeness (QED) is 0.141. The third-order valence-electron chi connectivity index (χ3n) is 15.5. The molecule has 370 valence electrons. The Morgan fingerprint density at radius 2 is 0.671 bits per heavy atom. The highest BCUT2D eigenvalue weighted by molar-refractivity contribution is 6.14. The molecule has 0 aliphatic carbocycles. The molecule has 10 aromatic carbocycles. The second-order valence-corrected chi connectivity index (χ2v) is 20.9. The van der Waals surface area contributed by atoms with Gasteiger partial charge >= 0.3 is 6.18 Å². The molecule has 12 rings (SSSR count). The van der Waals surface area contributed by atoms with Crippen LogP contribution >= 0.6 is 0 Å². The Morgan fingerprint density at radius 1 is 0.342 bits per heavy atom. The molecule has 3 nitrogen and oxygen atoms in total. The molecule has 0 radical (unpaired) electrons. The molecule has 0 spiro atoms. The maximum absolute atomic E-state index is 15.2. The van der Waals surface area contributed by atoms with E-state index in [1.54, 1.807) is 6.07 Å². The standard InChI is InChI=1S/C70H54F3N3/c1-40-14-22-52(44(5)30-40)48-18-26-64-58(34-48)59-35-49(53-23-15-41(2)31-45(53)6)19-27-65(59)75(64)68-38-57(56-12-10-11-13-62(56)70(71,72)73)63(74-9)39-69(68)76-66-28-20-50(54-24-16-42(3)32-46(54)7)36-60(66)61-37-51(21-29-67(61)76)55-25-17-43(4)33-47(55)8/h10-39H,1-8H3. The first-order valence-electron chi connectivity index (χ1n) is 25.7. The van der Waals surface area contributed by atoms with Crippen molar-refractivity contribution in [3.63, 3.8) is 0 Å². The zero-order valence-electron chi connectivity index (χ0n) is 43.8. The third-order valence-corrected chi connectivity index (χ3v) is 15.5. The summed E-state index contributed by atoms with van der Waals surface area (Å²) in [6, 6.07) is 61.7. The van der Waals surface area contributed by atoms with Gasteiger partial charge in [0, 0.05) is 21.5 Å². The van der Waals surface area contributed by atoms with Crippen molar-refractivity contribution in [2.45, 2.75) is 61.6 Å². The van der Waals surface area contributed by atoms with E-state index in [1.807, 2.05) is 12.1 Å². The van der Waals surface area contributed by atoms with Crippen molar-refractivity contribution in [3.8, 4) is 67.0 Å². The van der Waals surface area contributed by atoms with E-state index in [0.717, 1.165) is 105 Å². The molecule has 0 saturated heterocycles. The third kappa shape index (κ3) is 8.06. The molecule has 2 heterocycles. The first-order chi connectivity index (χ1) is 36.5. The van der Waals surface area contributed by atoms with Crippen molar-refractivity contribution in [1.82, 2.24) is 9.13 Å².